The molecule has 3 rings (SSSR count). The van der Waals surface area contributed by atoms with Crippen LogP contribution in [0.4, 0.5) is 13.2 Å². The molecule has 0 bridgehead atoms. The highest BCUT2D eigenvalue weighted by molar-refractivity contribution is 6.07. The molecule has 1 aromatic heterocycles. The Morgan fingerprint density at radius 3 is 1.93 bits per heavy atom. The van der Waals surface area contributed by atoms with Crippen molar-refractivity contribution in [3.8, 4) is 5.75 Å². The summed E-state index contributed by atoms with van der Waals surface area (Å²) in [6.45, 7) is 8.98. The summed E-state index contributed by atoms with van der Waals surface area (Å²) in [5.41, 5.74) is -6.45. The van der Waals surface area contributed by atoms with Crippen LogP contribution in [0.2, 0.25) is 0 Å². The monoisotopic (exact) mass is 591 g/mol. The minimum atomic E-state index is -4.66. The molecule has 3 aromatic rings. The first-order chi connectivity index (χ1) is 19.2. The van der Waals surface area contributed by atoms with Gasteiger partial charge in [-0.2, -0.15) is 13.2 Å². The largest absolute Gasteiger partial charge is 0.508 e. The van der Waals surface area contributed by atoms with Crippen LogP contribution in [0, 0.1) is 5.41 Å². The number of hydrogen-bond donors (Lipinski definition) is 1. The van der Waals surface area contributed by atoms with Crippen LogP contribution in [-0.4, -0.2) is 49.0 Å². The van der Waals surface area contributed by atoms with E-state index in [0.29, 0.717) is 6.07 Å². The number of aryl methyl sites for hydroxylation is 1. The minimum Gasteiger partial charge on any atom is -0.508 e. The van der Waals surface area contributed by atoms with Crippen LogP contribution in [0.25, 0.3) is 10.9 Å². The second-order valence-corrected chi connectivity index (χ2v) is 11.8. The summed E-state index contributed by atoms with van der Waals surface area (Å²) in [7, 11) is 0. The van der Waals surface area contributed by atoms with Crippen LogP contribution >= 0.6 is 0 Å². The molecular formula is C29H32F3N3O7. The molecule has 0 radical (unpaired) electrons. The van der Waals surface area contributed by atoms with E-state index in [1.54, 1.807) is 41.5 Å². The fourth-order valence-corrected chi connectivity index (χ4v) is 3.99. The summed E-state index contributed by atoms with van der Waals surface area (Å²) in [6, 6.07) is 7.57. The SMILES string of the molecule is CC(C)(C)OC(=O)C(CCn1nnc2cc(C(F)(F)F)ccc2c1=O)(CC(=O)c1ccc(O)cc1)C(=O)OC(C)(C)C. The van der Waals surface area contributed by atoms with Crippen LogP contribution in [-0.2, 0) is 31.8 Å². The lowest BCUT2D eigenvalue weighted by atomic mass is 9.78. The van der Waals surface area contributed by atoms with Gasteiger partial charge in [0.2, 0.25) is 0 Å². The molecule has 0 unspecified atom stereocenters. The number of rotatable bonds is 8. The molecule has 0 aliphatic heterocycles. The van der Waals surface area contributed by atoms with Crippen molar-refractivity contribution >= 4 is 28.6 Å². The Morgan fingerprint density at radius 1 is 0.881 bits per heavy atom. The number of halogens is 3. The minimum absolute atomic E-state index is 0.0902. The average molecular weight is 592 g/mol. The summed E-state index contributed by atoms with van der Waals surface area (Å²) in [5.74, 6) is -2.90. The number of Topliss-reactive ketones (excluding diaryl/α,β-unsaturated/α-hetero) is 1. The molecule has 0 atom stereocenters. The van der Waals surface area contributed by atoms with Gasteiger partial charge in [0.15, 0.2) is 11.2 Å². The van der Waals surface area contributed by atoms with E-state index in [0.717, 1.165) is 16.8 Å². The van der Waals surface area contributed by atoms with Crippen molar-refractivity contribution in [3.05, 3.63) is 63.9 Å². The van der Waals surface area contributed by atoms with Gasteiger partial charge in [-0.25, -0.2) is 4.68 Å². The zero-order valence-corrected chi connectivity index (χ0v) is 24.0. The molecule has 13 heteroatoms. The van der Waals surface area contributed by atoms with Gasteiger partial charge in [0.05, 0.1) is 10.9 Å². The number of ether oxygens (including phenoxy) is 2. The number of carbonyl (C=O) groups is 3. The first-order valence-corrected chi connectivity index (χ1v) is 13.0. The van der Waals surface area contributed by atoms with Crippen LogP contribution in [0.3, 0.4) is 0 Å². The lowest BCUT2D eigenvalue weighted by Crippen LogP contribution is -2.49. The fraction of sp³-hybridized carbons (Fsp3) is 0.448. The fourth-order valence-electron chi connectivity index (χ4n) is 3.99. The highest BCUT2D eigenvalue weighted by Gasteiger charge is 2.52. The zero-order valence-electron chi connectivity index (χ0n) is 24.0. The maximum Gasteiger partial charge on any atom is 0.416 e. The van der Waals surface area contributed by atoms with Gasteiger partial charge in [-0.3, -0.25) is 19.2 Å². The van der Waals surface area contributed by atoms with Crippen LogP contribution in [0.15, 0.2) is 47.3 Å². The Labute approximate surface area is 239 Å². The molecule has 42 heavy (non-hydrogen) atoms. The van der Waals surface area contributed by atoms with Crippen LogP contribution in [0.1, 0.15) is 70.3 Å². The van der Waals surface area contributed by atoms with Gasteiger partial charge < -0.3 is 14.6 Å². The second-order valence-electron chi connectivity index (χ2n) is 11.8. The Balaban J connectivity index is 2.10. The maximum atomic E-state index is 13.7. The summed E-state index contributed by atoms with van der Waals surface area (Å²) in [5, 5.41) is 16.9. The predicted octanol–water partition coefficient (Wildman–Crippen LogP) is 4.85. The normalized spacial score (nSPS) is 12.7. The zero-order chi connectivity index (χ0) is 31.7. The van der Waals surface area contributed by atoms with E-state index in [9.17, 15) is 37.5 Å². The number of phenolic OH excluding ortho intramolecular Hbond substituents is 1. The number of ketones is 1. The first-order valence-electron chi connectivity index (χ1n) is 13.0. The molecule has 0 fully saturated rings. The van der Waals surface area contributed by atoms with Crippen molar-refractivity contribution in [2.24, 2.45) is 5.41 Å². The number of esters is 2. The van der Waals surface area contributed by atoms with E-state index in [2.05, 4.69) is 10.3 Å². The number of nitrogens with zero attached hydrogens (tertiary/aromatic N) is 3. The molecule has 2 aromatic carbocycles. The Kier molecular flexibility index (Phi) is 8.85. The highest BCUT2D eigenvalue weighted by atomic mass is 19.4. The smallest absolute Gasteiger partial charge is 0.416 e. The Bertz CT molecular complexity index is 1520. The van der Waals surface area contributed by atoms with Crippen LogP contribution < -0.4 is 5.56 Å². The number of alkyl halides is 3. The third-order valence-electron chi connectivity index (χ3n) is 6.03. The van der Waals surface area contributed by atoms with Crippen molar-refractivity contribution in [1.82, 2.24) is 15.0 Å². The van der Waals surface area contributed by atoms with Crippen LogP contribution in [0.5, 0.6) is 5.75 Å². The average Bonchev–Trinajstić information content (AvgIpc) is 2.85. The second kappa shape index (κ2) is 11.5. The molecule has 0 aliphatic rings. The number of carbonyl (C=O) groups excluding carboxylic acids is 3. The number of phenols is 1. The lowest BCUT2D eigenvalue weighted by molar-refractivity contribution is -0.186. The van der Waals surface area contributed by atoms with E-state index < -0.39 is 71.0 Å². The number of aromatic hydroxyl groups is 1. The van der Waals surface area contributed by atoms with Crippen molar-refractivity contribution < 1.29 is 42.1 Å². The summed E-state index contributed by atoms with van der Waals surface area (Å²) in [6.07, 6.45) is -5.87. The molecule has 0 amide bonds. The van der Waals surface area contributed by atoms with Crippen molar-refractivity contribution in [1.29, 1.82) is 0 Å². The predicted molar refractivity (Wildman–Crippen MR) is 145 cm³/mol. The molecule has 10 nitrogen and oxygen atoms in total. The first kappa shape index (κ1) is 32.2. The Hall–Kier alpha value is -4.29. The van der Waals surface area contributed by atoms with E-state index in [1.165, 1.54) is 24.3 Å². The van der Waals surface area contributed by atoms with Crippen molar-refractivity contribution in [2.75, 3.05) is 0 Å². The van der Waals surface area contributed by atoms with E-state index in [-0.39, 0.29) is 22.2 Å². The van der Waals surface area contributed by atoms with Gasteiger partial charge >= 0.3 is 18.1 Å². The third kappa shape index (κ3) is 7.71. The molecule has 1 heterocycles. The third-order valence-corrected chi connectivity index (χ3v) is 6.03. The topological polar surface area (TPSA) is 138 Å². The van der Waals surface area contributed by atoms with E-state index >= 15 is 0 Å². The Morgan fingerprint density at radius 2 is 1.43 bits per heavy atom. The van der Waals surface area contributed by atoms with Gasteiger partial charge in [-0.15, -0.1) is 5.10 Å². The lowest BCUT2D eigenvalue weighted by Gasteiger charge is -2.34. The van der Waals surface area contributed by atoms with Gasteiger partial charge in [0, 0.05) is 18.5 Å². The number of fused-ring (bicyclic) bond motifs is 1. The van der Waals surface area contributed by atoms with Crippen molar-refractivity contribution in [2.45, 2.75) is 78.3 Å². The molecule has 226 valence electrons. The summed E-state index contributed by atoms with van der Waals surface area (Å²) >= 11 is 0. The molecule has 0 saturated heterocycles. The summed E-state index contributed by atoms with van der Waals surface area (Å²) in [4.78, 5) is 54.0. The molecule has 0 saturated carbocycles. The maximum absolute atomic E-state index is 13.7. The standard InChI is InChI=1S/C29H32F3N3O7/c1-26(2,3)41-24(39)28(25(40)42-27(4,5)6,16-22(37)17-7-10-19(36)11-8-17)13-14-35-23(38)20-12-9-18(29(30,31)32)15-21(20)33-34-35/h7-12,15,36H,13-14,16H2,1-6H3. The number of benzene rings is 2. The number of hydrogen-bond acceptors (Lipinski definition) is 9. The van der Waals surface area contributed by atoms with Crippen molar-refractivity contribution in [3.63, 3.8) is 0 Å². The van der Waals surface area contributed by atoms with Gasteiger partial charge in [-0.1, -0.05) is 5.21 Å². The van der Waals surface area contributed by atoms with E-state index in [4.69, 9.17) is 9.47 Å². The van der Waals surface area contributed by atoms with Gasteiger partial charge in [0.1, 0.15) is 22.5 Å². The van der Waals surface area contributed by atoms with Gasteiger partial charge in [0.25, 0.3) is 5.56 Å². The molecule has 0 aliphatic carbocycles. The van der Waals surface area contributed by atoms with Gasteiger partial charge in [-0.05, 0) is 90.4 Å². The molecule has 1 N–H and O–H groups in total. The quantitative estimate of drug-likeness (QED) is 0.221. The molecule has 0 spiro atoms. The summed E-state index contributed by atoms with van der Waals surface area (Å²) < 4.78 is 51.3. The van der Waals surface area contributed by atoms with E-state index in [1.807, 2.05) is 0 Å². The highest BCUT2D eigenvalue weighted by Crippen LogP contribution is 2.36. The molecular weight excluding hydrogens is 559 g/mol. The number of aromatic nitrogens is 3.